The van der Waals surface area contributed by atoms with Gasteiger partial charge in [-0.25, -0.2) is 0 Å². The highest BCUT2D eigenvalue weighted by molar-refractivity contribution is 5.79. The molecule has 1 saturated carbocycles. The fraction of sp³-hybridized carbons (Fsp3) is 0.923. The highest BCUT2D eigenvalue weighted by atomic mass is 16.2. The Hall–Kier alpha value is -0.570. The topological polar surface area (TPSA) is 23.6 Å². The summed E-state index contributed by atoms with van der Waals surface area (Å²) in [7, 11) is 2.13. The van der Waals surface area contributed by atoms with Gasteiger partial charge >= 0.3 is 0 Å². The first kappa shape index (κ1) is 11.9. The summed E-state index contributed by atoms with van der Waals surface area (Å²) in [6, 6.07) is 0. The lowest BCUT2D eigenvalue weighted by atomic mass is 9.91. The van der Waals surface area contributed by atoms with Gasteiger partial charge in [0.15, 0.2) is 0 Å². The van der Waals surface area contributed by atoms with Crippen molar-refractivity contribution >= 4 is 5.91 Å². The first-order chi connectivity index (χ1) is 7.68. The van der Waals surface area contributed by atoms with E-state index in [2.05, 4.69) is 23.8 Å². The number of hydrogen-bond acceptors (Lipinski definition) is 2. The van der Waals surface area contributed by atoms with Crippen molar-refractivity contribution in [3.63, 3.8) is 0 Å². The third-order valence-corrected chi connectivity index (χ3v) is 4.31. The van der Waals surface area contributed by atoms with Crippen molar-refractivity contribution in [1.82, 2.24) is 9.80 Å². The molecule has 0 aromatic carbocycles. The van der Waals surface area contributed by atoms with Crippen molar-refractivity contribution in [2.45, 2.75) is 32.6 Å². The molecule has 2 fully saturated rings. The molecule has 3 heteroatoms. The summed E-state index contributed by atoms with van der Waals surface area (Å²) in [4.78, 5) is 16.7. The second-order valence-electron chi connectivity index (χ2n) is 5.46. The number of hydrogen-bond donors (Lipinski definition) is 0. The van der Waals surface area contributed by atoms with Crippen molar-refractivity contribution in [2.75, 3.05) is 33.2 Å². The number of piperazine rings is 1. The summed E-state index contributed by atoms with van der Waals surface area (Å²) in [5.74, 6) is 1.32. The normalized spacial score (nSPS) is 26.0. The van der Waals surface area contributed by atoms with E-state index in [1.165, 1.54) is 25.7 Å². The molecule has 0 spiro atoms. The van der Waals surface area contributed by atoms with Gasteiger partial charge in [0.25, 0.3) is 0 Å². The lowest BCUT2D eigenvalue weighted by Crippen LogP contribution is -2.49. The summed E-state index contributed by atoms with van der Waals surface area (Å²) in [5.41, 5.74) is 0. The van der Waals surface area contributed by atoms with Gasteiger partial charge in [-0.15, -0.1) is 0 Å². The van der Waals surface area contributed by atoms with Crippen LogP contribution < -0.4 is 0 Å². The van der Waals surface area contributed by atoms with E-state index in [4.69, 9.17) is 0 Å². The molecule has 0 radical (unpaired) electrons. The van der Waals surface area contributed by atoms with Crippen molar-refractivity contribution in [1.29, 1.82) is 0 Å². The average molecular weight is 224 g/mol. The summed E-state index contributed by atoms with van der Waals surface area (Å²) >= 11 is 0. The zero-order valence-electron chi connectivity index (χ0n) is 10.6. The molecule has 3 nitrogen and oxygen atoms in total. The molecule has 2 aliphatic rings. The Labute approximate surface area is 98.8 Å². The number of amides is 1. The molecule has 16 heavy (non-hydrogen) atoms. The average Bonchev–Trinajstić information content (AvgIpc) is 2.81. The fourth-order valence-corrected chi connectivity index (χ4v) is 2.97. The van der Waals surface area contributed by atoms with Gasteiger partial charge in [-0.05, 0) is 25.8 Å². The standard InChI is InChI=1S/C13H24N2O/c1-11(12-5-3-4-6-12)13(16)15-9-7-14(2)8-10-15/h11-12H,3-10H2,1-2H3. The van der Waals surface area contributed by atoms with Crippen molar-refractivity contribution in [3.05, 3.63) is 0 Å². The molecular weight excluding hydrogens is 200 g/mol. The molecule has 0 aromatic rings. The smallest absolute Gasteiger partial charge is 0.225 e. The van der Waals surface area contributed by atoms with Crippen LogP contribution in [-0.4, -0.2) is 48.9 Å². The fourth-order valence-electron chi connectivity index (χ4n) is 2.97. The van der Waals surface area contributed by atoms with Crippen molar-refractivity contribution in [2.24, 2.45) is 11.8 Å². The molecule has 1 aliphatic heterocycles. The van der Waals surface area contributed by atoms with E-state index < -0.39 is 0 Å². The van der Waals surface area contributed by atoms with E-state index in [1.54, 1.807) is 0 Å². The Morgan fingerprint density at radius 1 is 1.12 bits per heavy atom. The van der Waals surface area contributed by atoms with Gasteiger partial charge in [0.1, 0.15) is 0 Å². The lowest BCUT2D eigenvalue weighted by Gasteiger charge is -2.35. The van der Waals surface area contributed by atoms with Crippen LogP contribution in [0.15, 0.2) is 0 Å². The van der Waals surface area contributed by atoms with Crippen LogP contribution in [0.3, 0.4) is 0 Å². The molecule has 1 atom stereocenters. The van der Waals surface area contributed by atoms with Crippen LogP contribution in [0.2, 0.25) is 0 Å². The Balaban J connectivity index is 1.86. The van der Waals surface area contributed by atoms with Crippen LogP contribution in [0.1, 0.15) is 32.6 Å². The quantitative estimate of drug-likeness (QED) is 0.711. The number of carbonyl (C=O) groups excluding carboxylic acids is 1. The molecule has 2 rings (SSSR count). The molecule has 0 bridgehead atoms. The number of nitrogens with zero attached hydrogens (tertiary/aromatic N) is 2. The monoisotopic (exact) mass is 224 g/mol. The molecule has 1 saturated heterocycles. The van der Waals surface area contributed by atoms with Gasteiger partial charge in [-0.1, -0.05) is 19.8 Å². The van der Waals surface area contributed by atoms with Crippen molar-refractivity contribution < 1.29 is 4.79 Å². The number of likely N-dealkylation sites (N-methyl/N-ethyl adjacent to an activating group) is 1. The molecule has 1 amide bonds. The molecule has 0 N–H and O–H groups in total. The minimum atomic E-state index is 0.255. The summed E-state index contributed by atoms with van der Waals surface area (Å²) < 4.78 is 0. The highest BCUT2D eigenvalue weighted by Crippen LogP contribution is 2.32. The molecule has 1 heterocycles. The van der Waals surface area contributed by atoms with E-state index in [9.17, 15) is 4.79 Å². The van der Waals surface area contributed by atoms with E-state index in [0.29, 0.717) is 11.8 Å². The summed E-state index contributed by atoms with van der Waals surface area (Å²) in [6.07, 6.45) is 5.18. The van der Waals surface area contributed by atoms with Crippen LogP contribution in [0, 0.1) is 11.8 Å². The maximum atomic E-state index is 12.3. The van der Waals surface area contributed by atoms with Crippen LogP contribution >= 0.6 is 0 Å². The van der Waals surface area contributed by atoms with Gasteiger partial charge < -0.3 is 9.80 Å². The SMILES string of the molecule is CC(C(=O)N1CCN(C)CC1)C1CCCC1. The van der Waals surface area contributed by atoms with E-state index in [1.807, 2.05) is 0 Å². The molecule has 1 unspecified atom stereocenters. The zero-order valence-corrected chi connectivity index (χ0v) is 10.6. The predicted octanol–water partition coefficient (Wildman–Crippen LogP) is 1.59. The van der Waals surface area contributed by atoms with Gasteiger partial charge in [0.05, 0.1) is 0 Å². The third-order valence-electron chi connectivity index (χ3n) is 4.31. The minimum Gasteiger partial charge on any atom is -0.340 e. The van der Waals surface area contributed by atoms with Gasteiger partial charge in [0, 0.05) is 32.1 Å². The van der Waals surface area contributed by atoms with Gasteiger partial charge in [0.2, 0.25) is 5.91 Å². The number of carbonyl (C=O) groups is 1. The van der Waals surface area contributed by atoms with E-state index in [0.717, 1.165) is 26.2 Å². The van der Waals surface area contributed by atoms with Crippen LogP contribution in [-0.2, 0) is 4.79 Å². The Morgan fingerprint density at radius 3 is 2.25 bits per heavy atom. The minimum absolute atomic E-state index is 0.255. The molecular formula is C13H24N2O. The number of rotatable bonds is 2. The maximum Gasteiger partial charge on any atom is 0.225 e. The van der Waals surface area contributed by atoms with E-state index >= 15 is 0 Å². The van der Waals surface area contributed by atoms with Crippen LogP contribution in [0.4, 0.5) is 0 Å². The Bertz CT molecular complexity index is 240. The van der Waals surface area contributed by atoms with Gasteiger partial charge in [-0.3, -0.25) is 4.79 Å². The largest absolute Gasteiger partial charge is 0.340 e. The predicted molar refractivity (Wildman–Crippen MR) is 65.2 cm³/mol. The second-order valence-corrected chi connectivity index (χ2v) is 5.46. The first-order valence-corrected chi connectivity index (χ1v) is 6.66. The third kappa shape index (κ3) is 2.57. The lowest BCUT2D eigenvalue weighted by molar-refractivity contribution is -0.138. The molecule has 92 valence electrons. The summed E-state index contributed by atoms with van der Waals surface area (Å²) in [6.45, 7) is 6.04. The maximum absolute atomic E-state index is 12.3. The second kappa shape index (κ2) is 5.17. The zero-order chi connectivity index (χ0) is 11.5. The Kier molecular flexibility index (Phi) is 3.85. The molecule has 0 aromatic heterocycles. The first-order valence-electron chi connectivity index (χ1n) is 6.66. The summed E-state index contributed by atoms with van der Waals surface area (Å²) in [5, 5.41) is 0. The van der Waals surface area contributed by atoms with E-state index in [-0.39, 0.29) is 5.92 Å². The van der Waals surface area contributed by atoms with Crippen LogP contribution in [0.25, 0.3) is 0 Å². The van der Waals surface area contributed by atoms with Crippen molar-refractivity contribution in [3.8, 4) is 0 Å². The molecule has 1 aliphatic carbocycles. The highest BCUT2D eigenvalue weighted by Gasteiger charge is 2.30. The van der Waals surface area contributed by atoms with Gasteiger partial charge in [-0.2, -0.15) is 0 Å². The Morgan fingerprint density at radius 2 is 1.69 bits per heavy atom. The van der Waals surface area contributed by atoms with Crippen LogP contribution in [0.5, 0.6) is 0 Å².